The molecule has 0 bridgehead atoms. The van der Waals surface area contributed by atoms with Gasteiger partial charge in [0.2, 0.25) is 5.88 Å². The zero-order chi connectivity index (χ0) is 27.2. The largest absolute Gasteiger partial charge is 0.481 e. The molecule has 0 saturated carbocycles. The lowest BCUT2D eigenvalue weighted by Crippen LogP contribution is -2.37. The molecule has 1 aliphatic rings. The van der Waals surface area contributed by atoms with E-state index in [9.17, 15) is 9.59 Å². The molecule has 1 aromatic carbocycles. The van der Waals surface area contributed by atoms with Crippen LogP contribution in [0.25, 0.3) is 11.3 Å². The van der Waals surface area contributed by atoms with E-state index >= 15 is 0 Å². The average Bonchev–Trinajstić information content (AvgIpc) is 3.33. The lowest BCUT2D eigenvalue weighted by atomic mass is 10.1. The van der Waals surface area contributed by atoms with Crippen molar-refractivity contribution >= 4 is 11.9 Å². The lowest BCUT2D eigenvalue weighted by Gasteiger charge is -2.24. The predicted molar refractivity (Wildman–Crippen MR) is 144 cm³/mol. The molecule has 1 N–H and O–H groups in total. The standard InChI is InChI=1S/C28H35N5O5/c1-6-21-26(32(4)27(34)25(30-21)20-13-14-24(36-5)29-18(20)3)31-22-15-33(16-23(22)37-7-2)28(35)38-17-19-11-9-8-10-12-19/h8-14,22-23,31H,6-7,15-17H2,1-5H3/t22-,23+/m1/s1. The predicted octanol–water partition coefficient (Wildman–Crippen LogP) is 3.56. The summed E-state index contributed by atoms with van der Waals surface area (Å²) < 4.78 is 18.3. The molecule has 38 heavy (non-hydrogen) atoms. The highest BCUT2D eigenvalue weighted by molar-refractivity contribution is 5.68. The Bertz CT molecular complexity index is 1330. The number of nitrogens with one attached hydrogen (secondary N) is 1. The van der Waals surface area contributed by atoms with Crippen LogP contribution in [0.5, 0.6) is 5.88 Å². The summed E-state index contributed by atoms with van der Waals surface area (Å²) in [5.74, 6) is 1.08. The van der Waals surface area contributed by atoms with Crippen LogP contribution in [0.3, 0.4) is 0 Å². The van der Waals surface area contributed by atoms with E-state index in [1.165, 1.54) is 0 Å². The maximum Gasteiger partial charge on any atom is 0.410 e. The molecule has 3 aromatic rings. The SMILES string of the molecule is CCO[C@H]1CN(C(=O)OCc2ccccc2)C[C@H]1Nc1c(CC)nc(-c2ccc(OC)nc2C)c(=O)n1C. The molecule has 10 nitrogen and oxygen atoms in total. The van der Waals surface area contributed by atoms with Gasteiger partial charge in [0.05, 0.1) is 37.2 Å². The van der Waals surface area contributed by atoms with Gasteiger partial charge in [-0.1, -0.05) is 37.3 Å². The van der Waals surface area contributed by atoms with Gasteiger partial charge in [0.1, 0.15) is 18.1 Å². The molecule has 4 rings (SSSR count). The fourth-order valence-corrected chi connectivity index (χ4v) is 4.62. The quantitative estimate of drug-likeness (QED) is 0.456. The van der Waals surface area contributed by atoms with Crippen LogP contribution in [0.2, 0.25) is 0 Å². The molecule has 202 valence electrons. The second-order valence-electron chi connectivity index (χ2n) is 9.15. The zero-order valence-corrected chi connectivity index (χ0v) is 22.6. The molecule has 0 radical (unpaired) electrons. The minimum atomic E-state index is -0.400. The van der Waals surface area contributed by atoms with Crippen LogP contribution < -0.4 is 15.6 Å². The summed E-state index contributed by atoms with van der Waals surface area (Å²) in [4.78, 5) is 37.0. The third kappa shape index (κ3) is 5.80. The number of nitrogens with zero attached hydrogens (tertiary/aromatic N) is 4. The van der Waals surface area contributed by atoms with Crippen molar-refractivity contribution in [3.63, 3.8) is 0 Å². The Kier molecular flexibility index (Phi) is 8.62. The van der Waals surface area contributed by atoms with E-state index in [2.05, 4.69) is 10.3 Å². The van der Waals surface area contributed by atoms with Crippen LogP contribution in [0.1, 0.15) is 30.8 Å². The third-order valence-corrected chi connectivity index (χ3v) is 6.65. The number of hydrogen-bond donors (Lipinski definition) is 1. The summed E-state index contributed by atoms with van der Waals surface area (Å²) in [6.45, 7) is 7.19. The molecule has 0 unspecified atom stereocenters. The van der Waals surface area contributed by atoms with Crippen molar-refractivity contribution in [1.29, 1.82) is 0 Å². The van der Waals surface area contributed by atoms with Crippen molar-refractivity contribution in [3.05, 3.63) is 69.8 Å². The van der Waals surface area contributed by atoms with Gasteiger partial charge in [0.25, 0.3) is 5.56 Å². The lowest BCUT2D eigenvalue weighted by molar-refractivity contribution is 0.0579. The van der Waals surface area contributed by atoms with Crippen molar-refractivity contribution in [2.45, 2.75) is 45.9 Å². The summed E-state index contributed by atoms with van der Waals surface area (Å²) in [6, 6.07) is 12.8. The van der Waals surface area contributed by atoms with Crippen LogP contribution in [0.15, 0.2) is 47.3 Å². The van der Waals surface area contributed by atoms with Gasteiger partial charge in [0.15, 0.2) is 0 Å². The molecule has 1 fully saturated rings. The molecule has 2 atom stereocenters. The van der Waals surface area contributed by atoms with Crippen molar-refractivity contribution in [1.82, 2.24) is 19.4 Å². The molecule has 2 aromatic heterocycles. The Morgan fingerprint density at radius 3 is 2.53 bits per heavy atom. The van der Waals surface area contributed by atoms with E-state index in [1.54, 1.807) is 35.8 Å². The normalized spacial score (nSPS) is 16.9. The maximum absolute atomic E-state index is 13.4. The highest BCUT2D eigenvalue weighted by atomic mass is 16.6. The first kappa shape index (κ1) is 27.1. The van der Waals surface area contributed by atoms with E-state index < -0.39 is 6.09 Å². The minimum absolute atomic E-state index is 0.201. The van der Waals surface area contributed by atoms with E-state index in [4.69, 9.17) is 19.2 Å². The molecule has 0 spiro atoms. The van der Waals surface area contributed by atoms with E-state index in [0.717, 1.165) is 11.3 Å². The molecular formula is C28H35N5O5. The van der Waals surface area contributed by atoms with Gasteiger partial charge in [-0.15, -0.1) is 0 Å². The van der Waals surface area contributed by atoms with Crippen LogP contribution in [0.4, 0.5) is 10.6 Å². The summed E-state index contributed by atoms with van der Waals surface area (Å²) in [7, 11) is 3.27. The minimum Gasteiger partial charge on any atom is -0.481 e. The van der Waals surface area contributed by atoms with Crippen molar-refractivity contribution in [2.24, 2.45) is 7.05 Å². The van der Waals surface area contributed by atoms with Gasteiger partial charge < -0.3 is 24.4 Å². The second-order valence-corrected chi connectivity index (χ2v) is 9.15. The number of aromatic nitrogens is 3. The number of carbonyl (C=O) groups is 1. The van der Waals surface area contributed by atoms with E-state index in [0.29, 0.717) is 54.8 Å². The van der Waals surface area contributed by atoms with Crippen LogP contribution >= 0.6 is 0 Å². The second kappa shape index (κ2) is 12.1. The van der Waals surface area contributed by atoms with Crippen LogP contribution in [-0.4, -0.2) is 64.5 Å². The van der Waals surface area contributed by atoms with Crippen LogP contribution in [-0.2, 0) is 29.5 Å². The fraction of sp³-hybridized carbons (Fsp3) is 0.429. The third-order valence-electron chi connectivity index (χ3n) is 6.65. The Balaban J connectivity index is 1.56. The Morgan fingerprint density at radius 2 is 1.87 bits per heavy atom. The van der Waals surface area contributed by atoms with Crippen molar-refractivity contribution < 1.29 is 19.0 Å². The number of pyridine rings is 1. The topological polar surface area (TPSA) is 108 Å². The van der Waals surface area contributed by atoms with Gasteiger partial charge in [0, 0.05) is 31.8 Å². The number of carbonyl (C=O) groups excluding carboxylic acids is 1. The molecule has 1 saturated heterocycles. The first-order chi connectivity index (χ1) is 18.4. The average molecular weight is 522 g/mol. The summed E-state index contributed by atoms with van der Waals surface area (Å²) >= 11 is 0. The van der Waals surface area contributed by atoms with Crippen molar-refractivity contribution in [2.75, 3.05) is 32.1 Å². The fourth-order valence-electron chi connectivity index (χ4n) is 4.62. The number of benzene rings is 1. The van der Waals surface area contributed by atoms with Gasteiger partial charge in [-0.3, -0.25) is 9.36 Å². The number of ether oxygens (including phenoxy) is 3. The number of anilines is 1. The Labute approximate surface area is 222 Å². The van der Waals surface area contributed by atoms with Crippen LogP contribution in [0, 0.1) is 6.92 Å². The number of rotatable bonds is 9. The number of aryl methyl sites for hydroxylation is 2. The first-order valence-corrected chi connectivity index (χ1v) is 12.8. The first-order valence-electron chi connectivity index (χ1n) is 12.8. The maximum atomic E-state index is 13.4. The monoisotopic (exact) mass is 521 g/mol. The van der Waals surface area contributed by atoms with E-state index in [1.807, 2.05) is 51.1 Å². The van der Waals surface area contributed by atoms with Gasteiger partial charge in [-0.2, -0.15) is 0 Å². The Hall–Kier alpha value is -3.92. The van der Waals surface area contributed by atoms with Gasteiger partial charge in [-0.05, 0) is 31.9 Å². The zero-order valence-electron chi connectivity index (χ0n) is 22.6. The summed E-state index contributed by atoms with van der Waals surface area (Å²) in [5.41, 5.74) is 3.07. The Morgan fingerprint density at radius 1 is 1.11 bits per heavy atom. The molecule has 3 heterocycles. The highest BCUT2D eigenvalue weighted by Gasteiger charge is 2.37. The molecular weight excluding hydrogens is 486 g/mol. The van der Waals surface area contributed by atoms with Crippen molar-refractivity contribution in [3.8, 4) is 17.1 Å². The molecule has 1 aliphatic heterocycles. The molecule has 10 heteroatoms. The van der Waals surface area contributed by atoms with Gasteiger partial charge in [-0.25, -0.2) is 14.8 Å². The summed E-state index contributed by atoms with van der Waals surface area (Å²) in [5, 5.41) is 3.46. The number of hydrogen-bond acceptors (Lipinski definition) is 8. The molecule has 1 amide bonds. The highest BCUT2D eigenvalue weighted by Crippen LogP contribution is 2.25. The number of likely N-dealkylation sites (tertiary alicyclic amines) is 1. The summed E-state index contributed by atoms with van der Waals surface area (Å²) in [6.07, 6.45) is -0.0683. The van der Waals surface area contributed by atoms with Gasteiger partial charge >= 0.3 is 6.09 Å². The van der Waals surface area contributed by atoms with E-state index in [-0.39, 0.29) is 24.3 Å². The molecule has 0 aliphatic carbocycles. The number of methoxy groups -OCH3 is 1. The number of amides is 1. The smallest absolute Gasteiger partial charge is 0.410 e.